The van der Waals surface area contributed by atoms with Crippen LogP contribution in [0.2, 0.25) is 0 Å². The van der Waals surface area contributed by atoms with E-state index in [0.29, 0.717) is 16.6 Å². The van der Waals surface area contributed by atoms with Crippen LogP contribution in [0.1, 0.15) is 5.56 Å². The van der Waals surface area contributed by atoms with Gasteiger partial charge < -0.3 is 9.47 Å². The molecule has 32 heavy (non-hydrogen) atoms. The van der Waals surface area contributed by atoms with Crippen molar-refractivity contribution in [2.75, 3.05) is 12.5 Å². The van der Waals surface area contributed by atoms with Gasteiger partial charge in [0.2, 0.25) is 5.13 Å². The second-order valence-electron chi connectivity index (χ2n) is 6.37. The Bertz CT molecular complexity index is 1260. The Morgan fingerprint density at radius 3 is 2.75 bits per heavy atom. The number of benzene rings is 2. The van der Waals surface area contributed by atoms with Crippen LogP contribution in [0.25, 0.3) is 11.3 Å². The van der Waals surface area contributed by atoms with Gasteiger partial charge in [-0.1, -0.05) is 30.3 Å². The van der Waals surface area contributed by atoms with E-state index in [-0.39, 0.29) is 11.6 Å². The van der Waals surface area contributed by atoms with E-state index < -0.39 is 4.92 Å². The quantitative estimate of drug-likeness (QED) is 0.220. The number of hydrogen-bond acceptors (Lipinski definition) is 9. The van der Waals surface area contributed by atoms with Gasteiger partial charge in [0.15, 0.2) is 11.5 Å². The first-order valence-corrected chi connectivity index (χ1v) is 10.3. The number of nitro groups is 1. The summed E-state index contributed by atoms with van der Waals surface area (Å²) < 4.78 is 11.0. The summed E-state index contributed by atoms with van der Waals surface area (Å²) in [7, 11) is 1.48. The zero-order chi connectivity index (χ0) is 22.3. The molecule has 0 fully saturated rings. The molecular formula is C22H17N5O4S. The first kappa shape index (κ1) is 20.9. The second-order valence-corrected chi connectivity index (χ2v) is 7.23. The molecule has 9 nitrogen and oxygen atoms in total. The summed E-state index contributed by atoms with van der Waals surface area (Å²) in [4.78, 5) is 19.1. The number of aromatic nitrogens is 2. The van der Waals surface area contributed by atoms with Crippen molar-refractivity contribution in [3.63, 3.8) is 0 Å². The summed E-state index contributed by atoms with van der Waals surface area (Å²) in [6.45, 7) is 0. The molecule has 1 N–H and O–H groups in total. The normalized spacial score (nSPS) is 10.8. The maximum absolute atomic E-state index is 11.2. The van der Waals surface area contributed by atoms with Gasteiger partial charge in [0.05, 0.1) is 23.9 Å². The summed E-state index contributed by atoms with van der Waals surface area (Å²) in [5, 5.41) is 18.0. The van der Waals surface area contributed by atoms with E-state index in [1.54, 1.807) is 24.4 Å². The SMILES string of the molecule is COc1cc(C=NNc2nc(-c3ccccc3)cs2)ccc1Oc1ncccc1[N+](=O)[O-]. The summed E-state index contributed by atoms with van der Waals surface area (Å²) in [5.74, 6) is 0.568. The van der Waals surface area contributed by atoms with Crippen LogP contribution < -0.4 is 14.9 Å². The molecular weight excluding hydrogens is 430 g/mol. The maximum Gasteiger partial charge on any atom is 0.331 e. The van der Waals surface area contributed by atoms with E-state index >= 15 is 0 Å². The van der Waals surface area contributed by atoms with Gasteiger partial charge in [0, 0.05) is 23.2 Å². The van der Waals surface area contributed by atoms with Gasteiger partial charge >= 0.3 is 5.69 Å². The van der Waals surface area contributed by atoms with Crippen LogP contribution in [-0.4, -0.2) is 28.2 Å². The lowest BCUT2D eigenvalue weighted by molar-refractivity contribution is -0.386. The summed E-state index contributed by atoms with van der Waals surface area (Å²) in [5.41, 5.74) is 5.33. The van der Waals surface area contributed by atoms with Crippen molar-refractivity contribution in [1.82, 2.24) is 9.97 Å². The molecule has 4 rings (SSSR count). The first-order chi connectivity index (χ1) is 15.6. The number of pyridine rings is 1. The van der Waals surface area contributed by atoms with E-state index in [0.717, 1.165) is 16.8 Å². The van der Waals surface area contributed by atoms with Gasteiger partial charge in [-0.2, -0.15) is 5.10 Å². The van der Waals surface area contributed by atoms with Crippen molar-refractivity contribution in [2.24, 2.45) is 5.10 Å². The van der Waals surface area contributed by atoms with Crippen molar-refractivity contribution in [2.45, 2.75) is 0 Å². The van der Waals surface area contributed by atoms with Crippen molar-refractivity contribution in [3.05, 3.63) is 87.9 Å². The fourth-order valence-corrected chi connectivity index (χ4v) is 3.45. The molecule has 0 aliphatic rings. The molecule has 0 aliphatic carbocycles. The second kappa shape index (κ2) is 9.67. The topological polar surface area (TPSA) is 112 Å². The van der Waals surface area contributed by atoms with Gasteiger partial charge in [-0.15, -0.1) is 11.3 Å². The van der Waals surface area contributed by atoms with Gasteiger partial charge in [-0.3, -0.25) is 15.5 Å². The number of hydrogen-bond donors (Lipinski definition) is 1. The lowest BCUT2D eigenvalue weighted by atomic mass is 10.2. The molecule has 0 bridgehead atoms. The van der Waals surface area contributed by atoms with E-state index in [9.17, 15) is 10.1 Å². The number of anilines is 1. The average Bonchev–Trinajstić information content (AvgIpc) is 3.30. The minimum atomic E-state index is -0.552. The predicted octanol–water partition coefficient (Wildman–Crippen LogP) is 5.36. The third kappa shape index (κ3) is 4.87. The third-order valence-corrected chi connectivity index (χ3v) is 5.04. The van der Waals surface area contributed by atoms with Gasteiger partial charge in [0.25, 0.3) is 5.88 Å². The van der Waals surface area contributed by atoms with E-state index in [2.05, 4.69) is 20.5 Å². The molecule has 160 valence electrons. The van der Waals surface area contributed by atoms with Crippen LogP contribution in [0.15, 0.2) is 77.3 Å². The summed E-state index contributed by atoms with van der Waals surface area (Å²) in [6, 6.07) is 17.8. The summed E-state index contributed by atoms with van der Waals surface area (Å²) in [6.07, 6.45) is 3.03. The molecule has 0 saturated carbocycles. The smallest absolute Gasteiger partial charge is 0.331 e. The zero-order valence-corrected chi connectivity index (χ0v) is 17.7. The Balaban J connectivity index is 1.46. The van der Waals surface area contributed by atoms with Crippen LogP contribution in [0, 0.1) is 10.1 Å². The molecule has 10 heteroatoms. The fourth-order valence-electron chi connectivity index (χ4n) is 2.78. The average molecular weight is 447 g/mol. The molecule has 0 amide bonds. The number of methoxy groups -OCH3 is 1. The van der Waals surface area contributed by atoms with Crippen LogP contribution in [0.4, 0.5) is 10.8 Å². The van der Waals surface area contributed by atoms with Crippen molar-refractivity contribution in [1.29, 1.82) is 0 Å². The Morgan fingerprint density at radius 2 is 1.97 bits per heavy atom. The molecule has 0 saturated heterocycles. The number of hydrazone groups is 1. The van der Waals surface area contributed by atoms with Gasteiger partial charge in [-0.25, -0.2) is 9.97 Å². The van der Waals surface area contributed by atoms with Gasteiger partial charge in [0.1, 0.15) is 0 Å². The third-order valence-electron chi connectivity index (χ3n) is 4.29. The molecule has 2 aromatic carbocycles. The Kier molecular flexibility index (Phi) is 6.33. The van der Waals surface area contributed by atoms with Crippen molar-refractivity contribution < 1.29 is 14.4 Å². The molecule has 0 atom stereocenters. The lowest BCUT2D eigenvalue weighted by Crippen LogP contribution is -1.98. The van der Waals surface area contributed by atoms with Crippen LogP contribution in [0.3, 0.4) is 0 Å². The number of ether oxygens (including phenoxy) is 2. The molecule has 0 spiro atoms. The highest BCUT2D eigenvalue weighted by atomic mass is 32.1. The minimum Gasteiger partial charge on any atom is -0.493 e. The molecule has 0 aliphatic heterocycles. The zero-order valence-electron chi connectivity index (χ0n) is 16.8. The number of thiazole rings is 1. The van der Waals surface area contributed by atoms with Crippen molar-refractivity contribution >= 4 is 28.4 Å². The molecule has 4 aromatic rings. The molecule has 0 radical (unpaired) electrons. The van der Waals surface area contributed by atoms with Crippen LogP contribution in [-0.2, 0) is 0 Å². The largest absolute Gasteiger partial charge is 0.493 e. The molecule has 2 heterocycles. The number of nitrogens with zero attached hydrogens (tertiary/aromatic N) is 4. The molecule has 2 aromatic heterocycles. The summed E-state index contributed by atoms with van der Waals surface area (Å²) >= 11 is 1.45. The van der Waals surface area contributed by atoms with Gasteiger partial charge in [-0.05, 0) is 29.8 Å². The Hall–Kier alpha value is -4.31. The molecule has 0 unspecified atom stereocenters. The highest BCUT2D eigenvalue weighted by Gasteiger charge is 2.18. The van der Waals surface area contributed by atoms with Crippen LogP contribution >= 0.6 is 11.3 Å². The monoisotopic (exact) mass is 447 g/mol. The highest BCUT2D eigenvalue weighted by molar-refractivity contribution is 7.14. The highest BCUT2D eigenvalue weighted by Crippen LogP contribution is 2.35. The standard InChI is InChI=1S/C22H17N5O4S/c1-30-20-12-15(9-10-19(20)31-21-18(27(28)29)8-5-11-23-21)13-24-26-22-25-17(14-32-22)16-6-3-2-4-7-16/h2-14H,1H3,(H,25,26). The lowest BCUT2D eigenvalue weighted by Gasteiger charge is -2.10. The fraction of sp³-hybridized carbons (Fsp3) is 0.0455. The Labute approximate surface area is 187 Å². The van der Waals surface area contributed by atoms with E-state index in [4.69, 9.17) is 9.47 Å². The van der Waals surface area contributed by atoms with E-state index in [1.807, 2.05) is 35.7 Å². The predicted molar refractivity (Wildman–Crippen MR) is 123 cm³/mol. The van der Waals surface area contributed by atoms with Crippen LogP contribution in [0.5, 0.6) is 17.4 Å². The van der Waals surface area contributed by atoms with Crippen molar-refractivity contribution in [3.8, 4) is 28.6 Å². The first-order valence-electron chi connectivity index (χ1n) is 9.39. The Morgan fingerprint density at radius 1 is 1.12 bits per heavy atom. The number of rotatable bonds is 8. The maximum atomic E-state index is 11.2. The van der Waals surface area contributed by atoms with E-state index in [1.165, 1.54) is 36.8 Å². The minimum absolute atomic E-state index is 0.114. The number of nitrogens with one attached hydrogen (secondary N) is 1.